The van der Waals surface area contributed by atoms with Gasteiger partial charge in [0.2, 0.25) is 0 Å². The van der Waals surface area contributed by atoms with Crippen molar-refractivity contribution < 1.29 is 9.90 Å². The fraction of sp³-hybridized carbons (Fsp3) is 0.133. The number of aliphatic carboxylic acids is 1. The van der Waals surface area contributed by atoms with E-state index in [0.717, 1.165) is 25.8 Å². The Morgan fingerprint density at radius 2 is 2.14 bits per heavy atom. The fourth-order valence-corrected chi connectivity index (χ4v) is 3.77. The van der Waals surface area contributed by atoms with Crippen LogP contribution >= 0.6 is 23.1 Å². The molecule has 0 fully saturated rings. The average Bonchev–Trinajstić information content (AvgIpc) is 2.86. The van der Waals surface area contributed by atoms with E-state index < -0.39 is 5.97 Å². The second-order valence-corrected chi connectivity index (χ2v) is 6.67. The maximum atomic E-state index is 10.7. The molecule has 3 rings (SSSR count). The molecule has 0 radical (unpaired) electrons. The van der Waals surface area contributed by atoms with Crippen molar-refractivity contribution in [1.82, 2.24) is 9.97 Å². The number of pyridine rings is 1. The van der Waals surface area contributed by atoms with E-state index in [2.05, 4.69) is 16.0 Å². The van der Waals surface area contributed by atoms with Crippen molar-refractivity contribution in [3.05, 3.63) is 47.0 Å². The zero-order valence-corrected chi connectivity index (χ0v) is 12.9. The number of aromatic nitrogens is 2. The highest BCUT2D eigenvalue weighted by Crippen LogP contribution is 2.32. The molecule has 2 aromatic heterocycles. The number of thiazole rings is 1. The quantitative estimate of drug-likeness (QED) is 0.793. The third-order valence-corrected chi connectivity index (χ3v) is 5.01. The van der Waals surface area contributed by atoms with E-state index >= 15 is 0 Å². The number of benzene rings is 1. The summed E-state index contributed by atoms with van der Waals surface area (Å²) in [5.41, 5.74) is 2.63. The number of nitrogens with zero attached hydrogens (tertiary/aromatic N) is 2. The number of hydrogen-bond acceptors (Lipinski definition) is 5. The molecule has 4 nitrogen and oxygen atoms in total. The molecule has 0 bridgehead atoms. The molecule has 0 unspecified atom stereocenters. The van der Waals surface area contributed by atoms with Crippen LogP contribution in [0.15, 0.2) is 45.1 Å². The van der Waals surface area contributed by atoms with Crippen LogP contribution in [0.3, 0.4) is 0 Å². The topological polar surface area (TPSA) is 63.1 Å². The van der Waals surface area contributed by atoms with Crippen molar-refractivity contribution in [1.29, 1.82) is 0 Å². The molecule has 0 saturated heterocycles. The summed E-state index contributed by atoms with van der Waals surface area (Å²) >= 11 is 2.93. The van der Waals surface area contributed by atoms with Gasteiger partial charge in [-0.1, -0.05) is 18.2 Å². The lowest BCUT2D eigenvalue weighted by atomic mass is 10.2. The Labute approximate surface area is 129 Å². The molecule has 0 amide bonds. The highest BCUT2D eigenvalue weighted by atomic mass is 32.2. The van der Waals surface area contributed by atoms with E-state index in [-0.39, 0.29) is 6.42 Å². The number of fused-ring (bicyclic) bond motifs is 1. The fourth-order valence-electron chi connectivity index (χ4n) is 1.96. The normalized spacial score (nSPS) is 10.9. The predicted molar refractivity (Wildman–Crippen MR) is 84.1 cm³/mol. The zero-order valence-electron chi connectivity index (χ0n) is 11.2. The lowest BCUT2D eigenvalue weighted by molar-refractivity contribution is -0.136. The molecule has 0 atom stereocenters. The molecule has 1 aromatic carbocycles. The molecule has 0 aliphatic rings. The molecule has 1 N–H and O–H groups in total. The lowest BCUT2D eigenvalue weighted by Crippen LogP contribution is -1.99. The second kappa shape index (κ2) is 5.83. The Morgan fingerprint density at radius 1 is 1.33 bits per heavy atom. The van der Waals surface area contributed by atoms with Gasteiger partial charge in [0.15, 0.2) is 4.34 Å². The van der Waals surface area contributed by atoms with E-state index in [0.29, 0.717) is 5.69 Å². The average molecular weight is 316 g/mol. The predicted octanol–water partition coefficient (Wildman–Crippen LogP) is 3.78. The third kappa shape index (κ3) is 3.22. The van der Waals surface area contributed by atoms with Gasteiger partial charge in [-0.05, 0) is 36.4 Å². The number of aryl methyl sites for hydroxylation is 1. The van der Waals surface area contributed by atoms with Gasteiger partial charge in [0.25, 0.3) is 0 Å². The van der Waals surface area contributed by atoms with Gasteiger partial charge in [0.1, 0.15) is 5.03 Å². The van der Waals surface area contributed by atoms with Gasteiger partial charge >= 0.3 is 5.97 Å². The number of hydrogen-bond donors (Lipinski definition) is 1. The minimum Gasteiger partial charge on any atom is -0.481 e. The largest absolute Gasteiger partial charge is 0.481 e. The first-order valence-corrected chi connectivity index (χ1v) is 8.02. The Bertz CT molecular complexity index is 814. The van der Waals surface area contributed by atoms with Crippen LogP contribution < -0.4 is 0 Å². The summed E-state index contributed by atoms with van der Waals surface area (Å²) < 4.78 is 0.817. The van der Waals surface area contributed by atoms with Crippen LogP contribution in [0.4, 0.5) is 0 Å². The van der Waals surface area contributed by atoms with Crippen molar-refractivity contribution in [3.63, 3.8) is 0 Å². The summed E-state index contributed by atoms with van der Waals surface area (Å²) in [5, 5.41) is 12.6. The number of carbonyl (C=O) groups is 1. The van der Waals surface area contributed by atoms with Crippen LogP contribution in [0.1, 0.15) is 11.3 Å². The molecular formula is C15H12N2O2S2. The summed E-state index contributed by atoms with van der Waals surface area (Å²) in [4.78, 5) is 19.7. The van der Waals surface area contributed by atoms with Crippen LogP contribution in [0, 0.1) is 6.92 Å². The van der Waals surface area contributed by atoms with E-state index in [4.69, 9.17) is 5.11 Å². The maximum Gasteiger partial charge on any atom is 0.309 e. The molecule has 106 valence electrons. The Balaban J connectivity index is 1.88. The Hall–Kier alpha value is -1.92. The molecule has 0 aliphatic heterocycles. The van der Waals surface area contributed by atoms with E-state index in [1.54, 1.807) is 5.38 Å². The summed E-state index contributed by atoms with van der Waals surface area (Å²) in [5.74, 6) is -0.864. The minimum absolute atomic E-state index is 0.0405. The smallest absolute Gasteiger partial charge is 0.309 e. The van der Waals surface area contributed by atoms with Crippen LogP contribution in [0.25, 0.3) is 10.9 Å². The van der Waals surface area contributed by atoms with Crippen molar-refractivity contribution in [2.45, 2.75) is 22.7 Å². The Morgan fingerprint density at radius 3 is 2.95 bits per heavy atom. The van der Waals surface area contributed by atoms with E-state index in [1.165, 1.54) is 23.1 Å². The van der Waals surface area contributed by atoms with Gasteiger partial charge in [-0.2, -0.15) is 0 Å². The van der Waals surface area contributed by atoms with E-state index in [1.807, 2.05) is 31.2 Å². The van der Waals surface area contributed by atoms with Crippen LogP contribution in [0.2, 0.25) is 0 Å². The first-order valence-electron chi connectivity index (χ1n) is 6.32. The second-order valence-electron chi connectivity index (χ2n) is 4.58. The minimum atomic E-state index is -0.864. The van der Waals surface area contributed by atoms with Crippen LogP contribution in [-0.4, -0.2) is 21.0 Å². The monoisotopic (exact) mass is 316 g/mol. The van der Waals surface area contributed by atoms with Crippen LogP contribution in [0.5, 0.6) is 0 Å². The standard InChI is InChI=1S/C15H12N2O2S2/c1-9-6-10-4-2-3-5-12(10)17-14(9)21-15-16-11(8-20-15)7-13(18)19/h2-6,8H,7H2,1H3,(H,18,19). The molecule has 0 spiro atoms. The molecule has 6 heteroatoms. The summed E-state index contributed by atoms with van der Waals surface area (Å²) in [6, 6.07) is 10.1. The Kier molecular flexibility index (Phi) is 3.90. The van der Waals surface area contributed by atoms with Gasteiger partial charge in [-0.3, -0.25) is 4.79 Å². The summed E-state index contributed by atoms with van der Waals surface area (Å²) in [6.45, 7) is 2.02. The molecular weight excluding hydrogens is 304 g/mol. The number of rotatable bonds is 4. The first-order chi connectivity index (χ1) is 10.1. The molecule has 3 aromatic rings. The van der Waals surface area contributed by atoms with Crippen molar-refractivity contribution >= 4 is 40.0 Å². The van der Waals surface area contributed by atoms with Crippen molar-refractivity contribution in [3.8, 4) is 0 Å². The number of carboxylic acids is 1. The molecule has 0 aliphatic carbocycles. The van der Waals surface area contributed by atoms with Crippen molar-refractivity contribution in [2.75, 3.05) is 0 Å². The van der Waals surface area contributed by atoms with Gasteiger partial charge in [-0.15, -0.1) is 11.3 Å². The zero-order chi connectivity index (χ0) is 14.8. The van der Waals surface area contributed by atoms with Gasteiger partial charge in [0.05, 0.1) is 17.6 Å². The summed E-state index contributed by atoms with van der Waals surface area (Å²) in [6.07, 6.45) is -0.0405. The third-order valence-electron chi connectivity index (χ3n) is 2.92. The molecule has 21 heavy (non-hydrogen) atoms. The van der Waals surface area contributed by atoms with Crippen molar-refractivity contribution in [2.24, 2.45) is 0 Å². The highest BCUT2D eigenvalue weighted by molar-refractivity contribution is 8.01. The SMILES string of the molecule is Cc1cc2ccccc2nc1Sc1nc(CC(=O)O)cs1. The highest BCUT2D eigenvalue weighted by Gasteiger charge is 2.10. The number of carboxylic acid groups (broad SMARTS) is 1. The molecule has 0 saturated carbocycles. The molecule has 2 heterocycles. The van der Waals surface area contributed by atoms with Crippen LogP contribution in [-0.2, 0) is 11.2 Å². The summed E-state index contributed by atoms with van der Waals surface area (Å²) in [7, 11) is 0. The first kappa shape index (κ1) is 14.0. The maximum absolute atomic E-state index is 10.7. The van der Waals surface area contributed by atoms with Gasteiger partial charge in [0, 0.05) is 10.8 Å². The lowest BCUT2D eigenvalue weighted by Gasteiger charge is -2.05. The van der Waals surface area contributed by atoms with Gasteiger partial charge in [-0.25, -0.2) is 9.97 Å². The number of para-hydroxylation sites is 1. The van der Waals surface area contributed by atoms with E-state index in [9.17, 15) is 4.79 Å². The van der Waals surface area contributed by atoms with Gasteiger partial charge < -0.3 is 5.11 Å².